The summed E-state index contributed by atoms with van der Waals surface area (Å²) in [6, 6.07) is 7.73. The van der Waals surface area contributed by atoms with Gasteiger partial charge in [0.15, 0.2) is 0 Å². The summed E-state index contributed by atoms with van der Waals surface area (Å²) < 4.78 is 0.657. The van der Waals surface area contributed by atoms with E-state index in [2.05, 4.69) is 5.32 Å². The maximum absolute atomic E-state index is 11.8. The summed E-state index contributed by atoms with van der Waals surface area (Å²) in [4.78, 5) is 25.0. The van der Waals surface area contributed by atoms with Crippen molar-refractivity contribution in [2.45, 2.75) is 26.2 Å². The standard InChI is InChI=1S/C15H18N2O2S2/c1-11-5-4-6-12(9-11)16-13(18)7-2-3-8-17-14(19)10-21-15(17)20/h4-6,9H,2-3,7-8,10H2,1H3,(H,16,18). The second-order valence-electron chi connectivity index (χ2n) is 4.97. The molecule has 1 fully saturated rings. The van der Waals surface area contributed by atoms with Crippen molar-refractivity contribution in [1.29, 1.82) is 0 Å². The van der Waals surface area contributed by atoms with Crippen molar-refractivity contribution < 1.29 is 9.59 Å². The van der Waals surface area contributed by atoms with Crippen molar-refractivity contribution in [2.24, 2.45) is 0 Å². The number of hydrogen-bond acceptors (Lipinski definition) is 4. The van der Waals surface area contributed by atoms with Crippen LogP contribution in [0.4, 0.5) is 5.69 Å². The molecular weight excluding hydrogens is 304 g/mol. The Hall–Kier alpha value is -1.40. The Morgan fingerprint density at radius 1 is 1.43 bits per heavy atom. The van der Waals surface area contributed by atoms with Crippen LogP contribution in [-0.4, -0.2) is 33.3 Å². The molecule has 1 heterocycles. The number of thiocarbonyl (C=S) groups is 1. The smallest absolute Gasteiger partial charge is 0.238 e. The number of aryl methyl sites for hydroxylation is 1. The molecule has 0 aliphatic carbocycles. The number of amides is 2. The van der Waals surface area contributed by atoms with E-state index in [9.17, 15) is 9.59 Å². The lowest BCUT2D eigenvalue weighted by Crippen LogP contribution is -2.29. The molecule has 0 radical (unpaired) electrons. The van der Waals surface area contributed by atoms with Crippen molar-refractivity contribution in [3.05, 3.63) is 29.8 Å². The monoisotopic (exact) mass is 322 g/mol. The molecule has 112 valence electrons. The van der Waals surface area contributed by atoms with Gasteiger partial charge in [-0.15, -0.1) is 0 Å². The van der Waals surface area contributed by atoms with Crippen molar-refractivity contribution >= 4 is 45.8 Å². The number of carbonyl (C=O) groups is 2. The predicted octanol–water partition coefficient (Wildman–Crippen LogP) is 2.96. The van der Waals surface area contributed by atoms with Gasteiger partial charge in [0.05, 0.1) is 5.75 Å². The molecule has 0 unspecified atom stereocenters. The van der Waals surface area contributed by atoms with Gasteiger partial charge in [0.25, 0.3) is 0 Å². The lowest BCUT2D eigenvalue weighted by atomic mass is 10.2. The molecule has 1 N–H and O–H groups in total. The molecule has 1 aromatic rings. The van der Waals surface area contributed by atoms with Gasteiger partial charge in [-0.25, -0.2) is 0 Å². The van der Waals surface area contributed by atoms with Crippen LogP contribution in [0.2, 0.25) is 0 Å². The zero-order valence-electron chi connectivity index (χ0n) is 11.9. The lowest BCUT2D eigenvalue weighted by molar-refractivity contribution is -0.124. The number of carbonyl (C=O) groups excluding carboxylic acids is 2. The number of nitrogens with zero attached hydrogens (tertiary/aromatic N) is 1. The number of rotatable bonds is 6. The molecule has 1 saturated heterocycles. The first-order valence-electron chi connectivity index (χ1n) is 6.90. The minimum absolute atomic E-state index is 0.00491. The van der Waals surface area contributed by atoms with Crippen LogP contribution in [0.15, 0.2) is 24.3 Å². The Bertz CT molecular complexity index is 544. The molecule has 0 spiro atoms. The van der Waals surface area contributed by atoms with Crippen LogP contribution in [0.5, 0.6) is 0 Å². The average molecular weight is 322 g/mol. The predicted molar refractivity (Wildman–Crippen MR) is 90.4 cm³/mol. The number of benzene rings is 1. The van der Waals surface area contributed by atoms with Crippen LogP contribution in [0.25, 0.3) is 0 Å². The Labute approximate surface area is 134 Å². The fourth-order valence-electron chi connectivity index (χ4n) is 2.10. The first-order valence-corrected chi connectivity index (χ1v) is 8.29. The van der Waals surface area contributed by atoms with E-state index in [0.717, 1.165) is 24.1 Å². The number of thioether (sulfide) groups is 1. The first-order chi connectivity index (χ1) is 10.1. The van der Waals surface area contributed by atoms with Crippen LogP contribution in [0.1, 0.15) is 24.8 Å². The summed E-state index contributed by atoms with van der Waals surface area (Å²) in [5.41, 5.74) is 1.94. The molecule has 0 saturated carbocycles. The average Bonchev–Trinajstić information content (AvgIpc) is 2.75. The van der Waals surface area contributed by atoms with Gasteiger partial charge in [-0.2, -0.15) is 0 Å². The first kappa shape index (κ1) is 16.0. The van der Waals surface area contributed by atoms with E-state index in [-0.39, 0.29) is 11.8 Å². The largest absolute Gasteiger partial charge is 0.326 e. The van der Waals surface area contributed by atoms with Crippen molar-refractivity contribution in [3.63, 3.8) is 0 Å². The minimum atomic E-state index is 0.00491. The van der Waals surface area contributed by atoms with E-state index < -0.39 is 0 Å². The molecule has 0 aromatic heterocycles. The van der Waals surface area contributed by atoms with Gasteiger partial charge in [-0.05, 0) is 37.5 Å². The van der Waals surface area contributed by atoms with E-state index >= 15 is 0 Å². The molecule has 0 atom stereocenters. The normalized spacial score (nSPS) is 14.6. The van der Waals surface area contributed by atoms with Gasteiger partial charge in [0.1, 0.15) is 4.32 Å². The van der Waals surface area contributed by atoms with Crippen LogP contribution in [0, 0.1) is 6.92 Å². The van der Waals surface area contributed by atoms with Gasteiger partial charge >= 0.3 is 0 Å². The SMILES string of the molecule is Cc1cccc(NC(=O)CCCCN2C(=O)CSC2=S)c1. The van der Waals surface area contributed by atoms with Gasteiger partial charge in [0, 0.05) is 18.7 Å². The van der Waals surface area contributed by atoms with E-state index in [1.807, 2.05) is 31.2 Å². The minimum Gasteiger partial charge on any atom is -0.326 e. The highest BCUT2D eigenvalue weighted by Crippen LogP contribution is 2.19. The Kier molecular flexibility index (Phi) is 5.76. The zero-order chi connectivity index (χ0) is 15.2. The molecular formula is C15H18N2O2S2. The third-order valence-electron chi connectivity index (χ3n) is 3.18. The van der Waals surface area contributed by atoms with Gasteiger partial charge < -0.3 is 5.32 Å². The second kappa shape index (κ2) is 7.56. The van der Waals surface area contributed by atoms with E-state index in [1.165, 1.54) is 11.8 Å². The van der Waals surface area contributed by atoms with Crippen molar-refractivity contribution in [1.82, 2.24) is 4.90 Å². The van der Waals surface area contributed by atoms with E-state index in [1.54, 1.807) is 4.90 Å². The third-order valence-corrected chi connectivity index (χ3v) is 4.61. The molecule has 6 heteroatoms. The van der Waals surface area contributed by atoms with E-state index in [0.29, 0.717) is 23.0 Å². The zero-order valence-corrected chi connectivity index (χ0v) is 13.6. The Morgan fingerprint density at radius 3 is 2.90 bits per heavy atom. The second-order valence-corrected chi connectivity index (χ2v) is 6.58. The summed E-state index contributed by atoms with van der Waals surface area (Å²) in [6.45, 7) is 2.60. The highest BCUT2D eigenvalue weighted by atomic mass is 32.2. The molecule has 1 aromatic carbocycles. The van der Waals surface area contributed by atoms with Crippen LogP contribution in [0.3, 0.4) is 0 Å². The fourth-order valence-corrected chi connectivity index (χ4v) is 3.22. The molecule has 1 aliphatic heterocycles. The van der Waals surface area contributed by atoms with Gasteiger partial charge in [0.2, 0.25) is 11.8 Å². The quantitative estimate of drug-likeness (QED) is 0.646. The molecule has 0 bridgehead atoms. The van der Waals surface area contributed by atoms with Gasteiger partial charge in [-0.1, -0.05) is 36.1 Å². The Balaban J connectivity index is 1.68. The number of nitrogens with one attached hydrogen (secondary N) is 1. The topological polar surface area (TPSA) is 49.4 Å². The lowest BCUT2D eigenvalue weighted by Gasteiger charge is -2.14. The maximum Gasteiger partial charge on any atom is 0.238 e. The Morgan fingerprint density at radius 2 is 2.24 bits per heavy atom. The third kappa shape index (κ3) is 4.82. The summed E-state index contributed by atoms with van der Waals surface area (Å²) in [5, 5.41) is 2.88. The summed E-state index contributed by atoms with van der Waals surface area (Å²) in [7, 11) is 0. The number of unbranched alkanes of at least 4 members (excludes halogenated alkanes) is 1. The summed E-state index contributed by atoms with van der Waals surface area (Å²) in [5.74, 6) is 0.534. The molecule has 2 rings (SSSR count). The molecule has 1 aliphatic rings. The number of hydrogen-bond donors (Lipinski definition) is 1. The fraction of sp³-hybridized carbons (Fsp3) is 0.400. The maximum atomic E-state index is 11.8. The van der Waals surface area contributed by atoms with E-state index in [4.69, 9.17) is 12.2 Å². The highest BCUT2D eigenvalue weighted by molar-refractivity contribution is 8.23. The van der Waals surface area contributed by atoms with Crippen LogP contribution < -0.4 is 5.32 Å². The van der Waals surface area contributed by atoms with Gasteiger partial charge in [-0.3, -0.25) is 14.5 Å². The van der Waals surface area contributed by atoms with Crippen LogP contribution in [-0.2, 0) is 9.59 Å². The summed E-state index contributed by atoms with van der Waals surface area (Å²) in [6.07, 6.45) is 1.98. The highest BCUT2D eigenvalue weighted by Gasteiger charge is 2.25. The van der Waals surface area contributed by atoms with Crippen molar-refractivity contribution in [3.8, 4) is 0 Å². The summed E-state index contributed by atoms with van der Waals surface area (Å²) >= 11 is 6.52. The number of anilines is 1. The van der Waals surface area contributed by atoms with Crippen LogP contribution >= 0.6 is 24.0 Å². The van der Waals surface area contributed by atoms with Crippen molar-refractivity contribution in [2.75, 3.05) is 17.6 Å². The molecule has 21 heavy (non-hydrogen) atoms. The molecule has 2 amide bonds. The molecule has 4 nitrogen and oxygen atoms in total.